The summed E-state index contributed by atoms with van der Waals surface area (Å²) in [6.07, 6.45) is 4.75. The molecule has 10 heavy (non-hydrogen) atoms. The quantitative estimate of drug-likeness (QED) is 0.576. The fourth-order valence-electron chi connectivity index (χ4n) is 0.467. The van der Waals surface area contributed by atoms with Gasteiger partial charge < -0.3 is 0 Å². The molecular formula is C5H8N4O. The van der Waals surface area contributed by atoms with Gasteiger partial charge in [0.1, 0.15) is 0 Å². The van der Waals surface area contributed by atoms with E-state index >= 15 is 0 Å². The van der Waals surface area contributed by atoms with Crippen LogP contribution in [0.1, 0.15) is 0 Å². The van der Waals surface area contributed by atoms with Gasteiger partial charge in [-0.3, -0.25) is 15.2 Å². The van der Waals surface area contributed by atoms with Crippen molar-refractivity contribution in [2.45, 2.75) is 0 Å². The van der Waals surface area contributed by atoms with Gasteiger partial charge in [0.15, 0.2) is 5.82 Å². The van der Waals surface area contributed by atoms with Gasteiger partial charge >= 0.3 is 0 Å². The molecule has 0 saturated heterocycles. The van der Waals surface area contributed by atoms with Crippen LogP contribution in [-0.2, 0) is 4.84 Å². The minimum atomic E-state index is 0.615. The molecule has 5 heteroatoms. The molecule has 0 radical (unpaired) electrons. The van der Waals surface area contributed by atoms with Crippen molar-refractivity contribution in [2.24, 2.45) is 0 Å². The van der Waals surface area contributed by atoms with Crippen molar-refractivity contribution >= 4 is 5.82 Å². The number of rotatable bonds is 3. The van der Waals surface area contributed by atoms with E-state index in [0.717, 1.165) is 0 Å². The number of nitrogens with zero attached hydrogens (tertiary/aromatic N) is 2. The van der Waals surface area contributed by atoms with Gasteiger partial charge in [-0.25, -0.2) is 4.98 Å². The standard InChI is InChI=1S/C5H8N4O/c1-10-9-8-5-4-6-2-3-7-5/h2-4,9H,1H3,(H,7,8). The zero-order chi connectivity index (χ0) is 7.23. The zero-order valence-electron chi connectivity index (χ0n) is 5.53. The predicted octanol–water partition coefficient (Wildman–Crippen LogP) is -0.0455. The Morgan fingerprint density at radius 3 is 3.00 bits per heavy atom. The molecule has 0 bridgehead atoms. The fourth-order valence-corrected chi connectivity index (χ4v) is 0.467. The Labute approximate surface area is 58.4 Å². The Balaban J connectivity index is 2.43. The van der Waals surface area contributed by atoms with Crippen LogP contribution in [0, 0.1) is 0 Å². The van der Waals surface area contributed by atoms with Crippen LogP contribution in [0.15, 0.2) is 18.6 Å². The highest BCUT2D eigenvalue weighted by Gasteiger charge is 1.86. The first-order valence-electron chi connectivity index (χ1n) is 2.73. The third kappa shape index (κ3) is 1.96. The molecule has 0 aromatic carbocycles. The molecule has 0 spiro atoms. The van der Waals surface area contributed by atoms with Gasteiger partial charge in [-0.05, 0) is 0 Å². The van der Waals surface area contributed by atoms with E-state index in [1.54, 1.807) is 18.6 Å². The van der Waals surface area contributed by atoms with Crippen LogP contribution in [-0.4, -0.2) is 17.1 Å². The summed E-state index contributed by atoms with van der Waals surface area (Å²) in [7, 11) is 1.50. The SMILES string of the molecule is CONNc1cnccn1. The number of aromatic nitrogens is 2. The molecule has 5 nitrogen and oxygen atoms in total. The molecule has 54 valence electrons. The highest BCUT2D eigenvalue weighted by atomic mass is 16.7. The van der Waals surface area contributed by atoms with Crippen molar-refractivity contribution in [3.63, 3.8) is 0 Å². The van der Waals surface area contributed by atoms with Gasteiger partial charge in [-0.1, -0.05) is 0 Å². The van der Waals surface area contributed by atoms with E-state index in [1.807, 2.05) is 0 Å². The average molecular weight is 140 g/mol. The minimum Gasteiger partial charge on any atom is -0.286 e. The first kappa shape index (κ1) is 6.91. The molecule has 0 aliphatic heterocycles. The van der Waals surface area contributed by atoms with E-state index in [2.05, 4.69) is 25.8 Å². The van der Waals surface area contributed by atoms with Crippen molar-refractivity contribution in [1.82, 2.24) is 15.6 Å². The summed E-state index contributed by atoms with van der Waals surface area (Å²) in [5.41, 5.74) is 5.06. The van der Waals surface area contributed by atoms with Crippen molar-refractivity contribution in [1.29, 1.82) is 0 Å². The fraction of sp³-hybridized carbons (Fsp3) is 0.200. The van der Waals surface area contributed by atoms with Gasteiger partial charge in [0, 0.05) is 12.4 Å². The van der Waals surface area contributed by atoms with E-state index < -0.39 is 0 Å². The summed E-state index contributed by atoms with van der Waals surface area (Å²) >= 11 is 0. The van der Waals surface area contributed by atoms with Crippen molar-refractivity contribution < 1.29 is 4.84 Å². The third-order valence-electron chi connectivity index (χ3n) is 0.844. The van der Waals surface area contributed by atoms with E-state index in [9.17, 15) is 0 Å². The second-order valence-corrected chi connectivity index (χ2v) is 1.52. The molecule has 1 rings (SSSR count). The number of hydrogen-bond donors (Lipinski definition) is 2. The summed E-state index contributed by atoms with van der Waals surface area (Å²) in [6, 6.07) is 0. The number of hydrazine groups is 1. The Kier molecular flexibility index (Phi) is 2.60. The maximum Gasteiger partial charge on any atom is 0.160 e. The lowest BCUT2D eigenvalue weighted by atomic mass is 10.7. The van der Waals surface area contributed by atoms with Crippen molar-refractivity contribution in [3.05, 3.63) is 18.6 Å². The summed E-state index contributed by atoms with van der Waals surface area (Å²) < 4.78 is 0. The first-order valence-corrected chi connectivity index (χ1v) is 2.73. The van der Waals surface area contributed by atoms with Gasteiger partial charge in [0.05, 0.1) is 13.3 Å². The minimum absolute atomic E-state index is 0.615. The molecular weight excluding hydrogens is 132 g/mol. The second kappa shape index (κ2) is 3.76. The highest BCUT2D eigenvalue weighted by Crippen LogP contribution is 1.92. The lowest BCUT2D eigenvalue weighted by Crippen LogP contribution is -2.20. The monoisotopic (exact) mass is 140 g/mol. The second-order valence-electron chi connectivity index (χ2n) is 1.52. The zero-order valence-corrected chi connectivity index (χ0v) is 5.53. The van der Waals surface area contributed by atoms with Gasteiger partial charge in [0.25, 0.3) is 0 Å². The van der Waals surface area contributed by atoms with E-state index in [-0.39, 0.29) is 0 Å². The molecule has 0 atom stereocenters. The van der Waals surface area contributed by atoms with Crippen LogP contribution in [0.2, 0.25) is 0 Å². The summed E-state index contributed by atoms with van der Waals surface area (Å²) in [5, 5.41) is 0. The maximum atomic E-state index is 4.52. The molecule has 1 aromatic rings. The van der Waals surface area contributed by atoms with Crippen LogP contribution in [0.3, 0.4) is 0 Å². The van der Waals surface area contributed by atoms with E-state index in [0.29, 0.717) is 5.82 Å². The topological polar surface area (TPSA) is 59.1 Å². The van der Waals surface area contributed by atoms with Crippen LogP contribution >= 0.6 is 0 Å². The van der Waals surface area contributed by atoms with Crippen LogP contribution in [0.4, 0.5) is 5.82 Å². The first-order chi connectivity index (χ1) is 4.93. The number of hydrogen-bond acceptors (Lipinski definition) is 5. The maximum absolute atomic E-state index is 4.52. The van der Waals surface area contributed by atoms with Crippen LogP contribution < -0.4 is 11.0 Å². The molecule has 0 amide bonds. The Bertz CT molecular complexity index is 178. The average Bonchev–Trinajstić information content (AvgIpc) is 2.03. The molecule has 0 saturated carbocycles. The van der Waals surface area contributed by atoms with E-state index in [4.69, 9.17) is 0 Å². The molecule has 1 aromatic heterocycles. The number of nitrogens with one attached hydrogen (secondary N) is 2. The molecule has 2 N–H and O–H groups in total. The van der Waals surface area contributed by atoms with Crippen molar-refractivity contribution in [2.75, 3.05) is 12.5 Å². The third-order valence-corrected chi connectivity index (χ3v) is 0.844. The predicted molar refractivity (Wildman–Crippen MR) is 35.8 cm³/mol. The summed E-state index contributed by atoms with van der Waals surface area (Å²) in [4.78, 5) is 12.2. The smallest absolute Gasteiger partial charge is 0.160 e. The lowest BCUT2D eigenvalue weighted by Gasteiger charge is -2.01. The lowest BCUT2D eigenvalue weighted by molar-refractivity contribution is 0.111. The number of anilines is 1. The van der Waals surface area contributed by atoms with Crippen LogP contribution in [0.25, 0.3) is 0 Å². The Morgan fingerprint density at radius 2 is 2.40 bits per heavy atom. The molecule has 0 aliphatic carbocycles. The highest BCUT2D eigenvalue weighted by molar-refractivity contribution is 5.27. The van der Waals surface area contributed by atoms with Crippen molar-refractivity contribution in [3.8, 4) is 0 Å². The van der Waals surface area contributed by atoms with Gasteiger partial charge in [0.2, 0.25) is 0 Å². The molecule has 0 aliphatic rings. The molecule has 0 fully saturated rings. The van der Waals surface area contributed by atoms with Gasteiger partial charge in [-0.15, -0.1) is 5.59 Å². The molecule has 0 unspecified atom stereocenters. The summed E-state index contributed by atoms with van der Waals surface area (Å²) in [6.45, 7) is 0. The van der Waals surface area contributed by atoms with Crippen LogP contribution in [0.5, 0.6) is 0 Å². The Morgan fingerprint density at radius 1 is 1.50 bits per heavy atom. The van der Waals surface area contributed by atoms with E-state index in [1.165, 1.54) is 7.11 Å². The Hall–Kier alpha value is -1.20. The van der Waals surface area contributed by atoms with Gasteiger partial charge in [-0.2, -0.15) is 0 Å². The molecule has 1 heterocycles. The normalized spacial score (nSPS) is 9.30. The largest absolute Gasteiger partial charge is 0.286 e. The summed E-state index contributed by atoms with van der Waals surface area (Å²) in [5.74, 6) is 0.615.